The quantitative estimate of drug-likeness (QED) is 0.649. The highest BCUT2D eigenvalue weighted by Gasteiger charge is 2.02. The van der Waals surface area contributed by atoms with Crippen molar-refractivity contribution in [2.45, 2.75) is 78.3 Å². The lowest BCUT2D eigenvalue weighted by atomic mass is 10.1. The van der Waals surface area contributed by atoms with Crippen LogP contribution in [0.25, 0.3) is 0 Å². The molecule has 3 nitrogen and oxygen atoms in total. The Labute approximate surface area is 118 Å². The van der Waals surface area contributed by atoms with E-state index in [4.69, 9.17) is 0 Å². The molecule has 0 aliphatic rings. The molecule has 0 aromatic carbocycles. The van der Waals surface area contributed by atoms with E-state index in [9.17, 15) is 0 Å². The molecule has 3 heteroatoms. The van der Waals surface area contributed by atoms with E-state index in [0.29, 0.717) is 12.0 Å². The number of hydrogen-bond donors (Lipinski definition) is 1. The predicted octanol–water partition coefficient (Wildman–Crippen LogP) is 3.96. The maximum absolute atomic E-state index is 4.41. The van der Waals surface area contributed by atoms with Crippen LogP contribution in [-0.4, -0.2) is 22.4 Å². The van der Waals surface area contributed by atoms with Crippen molar-refractivity contribution in [3.8, 4) is 0 Å². The molecule has 0 aliphatic carbocycles. The van der Waals surface area contributed by atoms with Crippen molar-refractivity contribution in [3.05, 3.63) is 18.0 Å². The molecule has 0 saturated heterocycles. The van der Waals surface area contributed by atoms with Crippen LogP contribution in [0, 0.1) is 0 Å². The third-order valence-corrected chi connectivity index (χ3v) is 3.44. The number of nitrogens with zero attached hydrogens (tertiary/aromatic N) is 2. The highest BCUT2D eigenvalue weighted by Crippen LogP contribution is 2.13. The van der Waals surface area contributed by atoms with Crippen LogP contribution < -0.4 is 5.32 Å². The fraction of sp³-hybridized carbons (Fsp3) is 0.812. The van der Waals surface area contributed by atoms with Gasteiger partial charge >= 0.3 is 0 Å². The van der Waals surface area contributed by atoms with Crippen LogP contribution in [0.5, 0.6) is 0 Å². The molecule has 0 atom stereocenters. The summed E-state index contributed by atoms with van der Waals surface area (Å²) in [5.41, 5.74) is 1.35. The van der Waals surface area contributed by atoms with Crippen LogP contribution in [0.4, 0.5) is 0 Å². The Morgan fingerprint density at radius 1 is 1.05 bits per heavy atom. The maximum Gasteiger partial charge on any atom is 0.0524 e. The van der Waals surface area contributed by atoms with Crippen molar-refractivity contribution >= 4 is 0 Å². The number of hydrogen-bond acceptors (Lipinski definition) is 2. The zero-order chi connectivity index (χ0) is 14.1. The van der Waals surface area contributed by atoms with Gasteiger partial charge in [-0.3, -0.25) is 4.68 Å². The molecule has 1 N–H and O–H groups in total. The molecule has 19 heavy (non-hydrogen) atoms. The average molecular weight is 265 g/mol. The zero-order valence-corrected chi connectivity index (χ0v) is 13.2. The van der Waals surface area contributed by atoms with E-state index >= 15 is 0 Å². The lowest BCUT2D eigenvalue weighted by Crippen LogP contribution is -2.23. The van der Waals surface area contributed by atoms with Gasteiger partial charge in [0.25, 0.3) is 0 Å². The van der Waals surface area contributed by atoms with Gasteiger partial charge in [-0.05, 0) is 30.9 Å². The molecule has 1 heterocycles. The van der Waals surface area contributed by atoms with Gasteiger partial charge in [-0.15, -0.1) is 0 Å². The highest BCUT2D eigenvalue weighted by atomic mass is 15.3. The first kappa shape index (κ1) is 16.2. The lowest BCUT2D eigenvalue weighted by molar-refractivity contribution is 0.509. The van der Waals surface area contributed by atoms with Gasteiger partial charge in [0.15, 0.2) is 0 Å². The van der Waals surface area contributed by atoms with E-state index in [0.717, 1.165) is 13.1 Å². The summed E-state index contributed by atoms with van der Waals surface area (Å²) in [4.78, 5) is 0. The average Bonchev–Trinajstić information content (AvgIpc) is 2.81. The van der Waals surface area contributed by atoms with E-state index in [-0.39, 0.29) is 0 Å². The van der Waals surface area contributed by atoms with Gasteiger partial charge in [-0.2, -0.15) is 5.10 Å². The number of unbranched alkanes of at least 4 members (excludes halogenated alkanes) is 4. The number of aromatic nitrogens is 2. The van der Waals surface area contributed by atoms with Crippen LogP contribution in [0.1, 0.15) is 71.3 Å². The monoisotopic (exact) mass is 265 g/mol. The van der Waals surface area contributed by atoms with E-state index in [2.05, 4.69) is 49.0 Å². The summed E-state index contributed by atoms with van der Waals surface area (Å²) < 4.78 is 2.09. The van der Waals surface area contributed by atoms with Crippen molar-refractivity contribution in [2.24, 2.45) is 0 Å². The van der Waals surface area contributed by atoms with Gasteiger partial charge in [0, 0.05) is 18.8 Å². The molecular weight excluding hydrogens is 234 g/mol. The Morgan fingerprint density at radius 3 is 2.37 bits per heavy atom. The Kier molecular flexibility index (Phi) is 7.80. The van der Waals surface area contributed by atoms with Crippen LogP contribution in [0.3, 0.4) is 0 Å². The van der Waals surface area contributed by atoms with Crippen molar-refractivity contribution in [2.75, 3.05) is 6.54 Å². The smallest absolute Gasteiger partial charge is 0.0524 e. The minimum Gasteiger partial charge on any atom is -0.315 e. The predicted molar refractivity (Wildman–Crippen MR) is 82.5 cm³/mol. The minimum absolute atomic E-state index is 0.585. The molecule has 0 unspecified atom stereocenters. The molecular formula is C16H31N3. The standard InChI is InChI=1S/C16H31N3/c1-14(2)16-12-18-19(13-16)11-9-7-5-6-8-10-17-15(3)4/h12-15,17H,5-11H2,1-4H3. The maximum atomic E-state index is 4.41. The Hall–Kier alpha value is -0.830. The number of nitrogens with one attached hydrogen (secondary N) is 1. The van der Waals surface area contributed by atoms with E-state index in [1.165, 1.54) is 37.7 Å². The summed E-state index contributed by atoms with van der Waals surface area (Å²) in [6.45, 7) is 11.1. The topological polar surface area (TPSA) is 29.9 Å². The number of aryl methyl sites for hydroxylation is 1. The van der Waals surface area contributed by atoms with E-state index < -0.39 is 0 Å². The molecule has 1 rings (SSSR count). The normalized spacial score (nSPS) is 11.7. The van der Waals surface area contributed by atoms with E-state index in [1.54, 1.807) is 0 Å². The minimum atomic E-state index is 0.585. The number of rotatable bonds is 10. The van der Waals surface area contributed by atoms with Gasteiger partial charge in [0.05, 0.1) is 6.20 Å². The first-order valence-electron chi connectivity index (χ1n) is 7.85. The molecule has 0 amide bonds. The summed E-state index contributed by atoms with van der Waals surface area (Å²) in [5.74, 6) is 0.585. The first-order chi connectivity index (χ1) is 9.09. The third kappa shape index (κ3) is 7.36. The van der Waals surface area contributed by atoms with Gasteiger partial charge in [0.2, 0.25) is 0 Å². The largest absolute Gasteiger partial charge is 0.315 e. The molecule has 1 aromatic heterocycles. The van der Waals surface area contributed by atoms with Crippen LogP contribution >= 0.6 is 0 Å². The fourth-order valence-electron chi connectivity index (χ4n) is 2.12. The van der Waals surface area contributed by atoms with Crippen LogP contribution in [-0.2, 0) is 6.54 Å². The van der Waals surface area contributed by atoms with Gasteiger partial charge in [-0.1, -0.05) is 47.0 Å². The Morgan fingerprint density at radius 2 is 1.74 bits per heavy atom. The van der Waals surface area contributed by atoms with Gasteiger partial charge in [0.1, 0.15) is 0 Å². The molecule has 0 saturated carbocycles. The zero-order valence-electron chi connectivity index (χ0n) is 13.2. The van der Waals surface area contributed by atoms with Crippen LogP contribution in [0.2, 0.25) is 0 Å². The molecule has 0 radical (unpaired) electrons. The Bertz CT molecular complexity index is 328. The molecule has 1 aromatic rings. The molecule has 0 aliphatic heterocycles. The summed E-state index contributed by atoms with van der Waals surface area (Å²) in [6, 6.07) is 0.620. The fourth-order valence-corrected chi connectivity index (χ4v) is 2.12. The van der Waals surface area contributed by atoms with Gasteiger partial charge < -0.3 is 5.32 Å². The second kappa shape index (κ2) is 9.13. The highest BCUT2D eigenvalue weighted by molar-refractivity contribution is 5.08. The lowest BCUT2D eigenvalue weighted by Gasteiger charge is -2.07. The van der Waals surface area contributed by atoms with Crippen molar-refractivity contribution < 1.29 is 0 Å². The van der Waals surface area contributed by atoms with Crippen molar-refractivity contribution in [3.63, 3.8) is 0 Å². The second-order valence-corrected chi connectivity index (χ2v) is 6.07. The third-order valence-electron chi connectivity index (χ3n) is 3.44. The summed E-state index contributed by atoms with van der Waals surface area (Å²) in [6.07, 6.45) is 10.8. The summed E-state index contributed by atoms with van der Waals surface area (Å²) in [7, 11) is 0. The molecule has 110 valence electrons. The summed E-state index contributed by atoms with van der Waals surface area (Å²) >= 11 is 0. The molecule has 0 fully saturated rings. The SMILES string of the molecule is CC(C)NCCCCCCCn1cc(C(C)C)cn1. The molecule has 0 spiro atoms. The van der Waals surface area contributed by atoms with Crippen LogP contribution in [0.15, 0.2) is 12.4 Å². The van der Waals surface area contributed by atoms with Crippen molar-refractivity contribution in [1.82, 2.24) is 15.1 Å². The van der Waals surface area contributed by atoms with Crippen molar-refractivity contribution in [1.29, 1.82) is 0 Å². The Balaban J connectivity index is 1.98. The molecule has 0 bridgehead atoms. The van der Waals surface area contributed by atoms with Gasteiger partial charge in [-0.25, -0.2) is 0 Å². The first-order valence-corrected chi connectivity index (χ1v) is 7.85. The van der Waals surface area contributed by atoms with E-state index in [1.807, 2.05) is 6.20 Å². The second-order valence-electron chi connectivity index (χ2n) is 6.07. The summed E-state index contributed by atoms with van der Waals surface area (Å²) in [5, 5.41) is 7.87.